The molecule has 0 bridgehead atoms. The second-order valence-corrected chi connectivity index (χ2v) is 4.55. The minimum Gasteiger partial charge on any atom is -0.327 e. The van der Waals surface area contributed by atoms with Gasteiger partial charge in [-0.15, -0.1) is 0 Å². The first kappa shape index (κ1) is 11.1. The number of hydrogen-bond donors (Lipinski definition) is 2. The van der Waals surface area contributed by atoms with Crippen molar-refractivity contribution in [2.24, 2.45) is 0 Å². The first-order valence-electron chi connectivity index (χ1n) is 5.94. The van der Waals surface area contributed by atoms with Crippen LogP contribution in [0.15, 0.2) is 24.3 Å². The molecule has 0 radical (unpaired) electrons. The Morgan fingerprint density at radius 3 is 2.50 bits per heavy atom. The van der Waals surface area contributed by atoms with Crippen molar-refractivity contribution in [2.45, 2.75) is 19.8 Å². The molecule has 1 heterocycles. The standard InChI is InChI=1S/C13H18N2O/c1-11-4-6-12(7-5-11)14-13(16)10-15-8-2-3-9-15/h4-7H,2-3,8-10H2,1H3,(H,14,16)/p+1. The maximum Gasteiger partial charge on any atom is 0.279 e. The van der Waals surface area contributed by atoms with Crippen LogP contribution in [0.2, 0.25) is 0 Å². The molecule has 86 valence electrons. The maximum absolute atomic E-state index is 11.7. The second kappa shape index (κ2) is 5.12. The Bertz CT molecular complexity index is 353. The number of quaternary nitrogens is 1. The van der Waals surface area contributed by atoms with Crippen molar-refractivity contribution in [1.29, 1.82) is 0 Å². The van der Waals surface area contributed by atoms with Gasteiger partial charge in [0.05, 0.1) is 13.1 Å². The summed E-state index contributed by atoms with van der Waals surface area (Å²) in [5.74, 6) is 0.126. The molecule has 0 aromatic heterocycles. The molecule has 1 aliphatic heterocycles. The van der Waals surface area contributed by atoms with Crippen LogP contribution < -0.4 is 10.2 Å². The lowest BCUT2D eigenvalue weighted by molar-refractivity contribution is -0.878. The normalized spacial score (nSPS) is 16.3. The first-order chi connectivity index (χ1) is 7.74. The van der Waals surface area contributed by atoms with Crippen LogP contribution in [0.1, 0.15) is 18.4 Å². The van der Waals surface area contributed by atoms with E-state index in [1.807, 2.05) is 31.2 Å². The summed E-state index contributed by atoms with van der Waals surface area (Å²) in [5, 5.41) is 2.94. The molecule has 0 spiro atoms. The van der Waals surface area contributed by atoms with Crippen molar-refractivity contribution >= 4 is 11.6 Å². The van der Waals surface area contributed by atoms with Gasteiger partial charge in [0.2, 0.25) is 0 Å². The average Bonchev–Trinajstić information content (AvgIpc) is 2.74. The van der Waals surface area contributed by atoms with Gasteiger partial charge in [0.1, 0.15) is 0 Å². The third-order valence-corrected chi connectivity index (χ3v) is 3.06. The van der Waals surface area contributed by atoms with Crippen LogP contribution >= 0.6 is 0 Å². The summed E-state index contributed by atoms with van der Waals surface area (Å²) in [6, 6.07) is 7.93. The van der Waals surface area contributed by atoms with Gasteiger partial charge in [0.25, 0.3) is 5.91 Å². The van der Waals surface area contributed by atoms with E-state index in [0.717, 1.165) is 18.8 Å². The predicted molar refractivity (Wildman–Crippen MR) is 64.6 cm³/mol. The molecule has 1 fully saturated rings. The maximum atomic E-state index is 11.7. The van der Waals surface area contributed by atoms with E-state index in [9.17, 15) is 4.79 Å². The molecule has 16 heavy (non-hydrogen) atoms. The summed E-state index contributed by atoms with van der Waals surface area (Å²) in [4.78, 5) is 13.1. The lowest BCUT2D eigenvalue weighted by Crippen LogP contribution is -3.11. The molecule has 1 aliphatic rings. The Morgan fingerprint density at radius 2 is 1.88 bits per heavy atom. The summed E-state index contributed by atoms with van der Waals surface area (Å²) in [5.41, 5.74) is 2.11. The minimum atomic E-state index is 0.126. The van der Waals surface area contributed by atoms with Crippen molar-refractivity contribution in [1.82, 2.24) is 0 Å². The molecule has 0 unspecified atom stereocenters. The highest BCUT2D eigenvalue weighted by Crippen LogP contribution is 2.07. The van der Waals surface area contributed by atoms with Gasteiger partial charge in [-0.1, -0.05) is 17.7 Å². The second-order valence-electron chi connectivity index (χ2n) is 4.55. The fraction of sp³-hybridized carbons (Fsp3) is 0.462. The summed E-state index contributed by atoms with van der Waals surface area (Å²) in [6.07, 6.45) is 2.51. The van der Waals surface area contributed by atoms with E-state index in [0.29, 0.717) is 6.54 Å². The number of anilines is 1. The zero-order chi connectivity index (χ0) is 11.4. The summed E-state index contributed by atoms with van der Waals surface area (Å²) in [6.45, 7) is 4.93. The monoisotopic (exact) mass is 219 g/mol. The molecule has 0 saturated carbocycles. The van der Waals surface area contributed by atoms with Crippen LogP contribution in [0.25, 0.3) is 0 Å². The number of likely N-dealkylation sites (tertiary alicyclic amines) is 1. The van der Waals surface area contributed by atoms with E-state index < -0.39 is 0 Å². The SMILES string of the molecule is Cc1ccc(NC(=O)C[NH+]2CCCC2)cc1. The molecule has 1 saturated heterocycles. The quantitative estimate of drug-likeness (QED) is 0.767. The molecule has 0 atom stereocenters. The lowest BCUT2D eigenvalue weighted by Gasteiger charge is -2.11. The fourth-order valence-electron chi connectivity index (χ4n) is 2.12. The number of carbonyl (C=O) groups is 1. The van der Waals surface area contributed by atoms with Gasteiger partial charge in [0.15, 0.2) is 6.54 Å². The molecule has 2 N–H and O–H groups in total. The number of carbonyl (C=O) groups excluding carboxylic acids is 1. The van der Waals surface area contributed by atoms with Crippen LogP contribution in [0.5, 0.6) is 0 Å². The third kappa shape index (κ3) is 3.07. The van der Waals surface area contributed by atoms with Gasteiger partial charge in [-0.05, 0) is 19.1 Å². The molecule has 2 rings (SSSR count). The van der Waals surface area contributed by atoms with Gasteiger partial charge in [-0.25, -0.2) is 0 Å². The Labute approximate surface area is 96.5 Å². The number of amides is 1. The van der Waals surface area contributed by atoms with Crippen LogP contribution in [0, 0.1) is 6.92 Å². The van der Waals surface area contributed by atoms with Crippen molar-refractivity contribution in [3.63, 3.8) is 0 Å². The number of aryl methyl sites for hydroxylation is 1. The number of hydrogen-bond acceptors (Lipinski definition) is 1. The average molecular weight is 219 g/mol. The summed E-state index contributed by atoms with van der Waals surface area (Å²) < 4.78 is 0. The highest BCUT2D eigenvalue weighted by molar-refractivity contribution is 5.91. The Balaban J connectivity index is 1.84. The van der Waals surface area contributed by atoms with Crippen LogP contribution in [-0.4, -0.2) is 25.5 Å². The Morgan fingerprint density at radius 1 is 1.25 bits per heavy atom. The van der Waals surface area contributed by atoms with Gasteiger partial charge in [-0.3, -0.25) is 4.79 Å². The topological polar surface area (TPSA) is 33.5 Å². The smallest absolute Gasteiger partial charge is 0.279 e. The number of rotatable bonds is 3. The summed E-state index contributed by atoms with van der Waals surface area (Å²) >= 11 is 0. The summed E-state index contributed by atoms with van der Waals surface area (Å²) in [7, 11) is 0. The van der Waals surface area contributed by atoms with Gasteiger partial charge in [-0.2, -0.15) is 0 Å². The van der Waals surface area contributed by atoms with Crippen LogP contribution in [0.4, 0.5) is 5.69 Å². The third-order valence-electron chi connectivity index (χ3n) is 3.06. The minimum absolute atomic E-state index is 0.126. The lowest BCUT2D eigenvalue weighted by atomic mass is 10.2. The number of benzene rings is 1. The molecule has 1 aromatic carbocycles. The zero-order valence-corrected chi connectivity index (χ0v) is 9.75. The van der Waals surface area contributed by atoms with Crippen molar-refractivity contribution < 1.29 is 9.69 Å². The van der Waals surface area contributed by atoms with Crippen LogP contribution in [0.3, 0.4) is 0 Å². The van der Waals surface area contributed by atoms with E-state index >= 15 is 0 Å². The van der Waals surface area contributed by atoms with Crippen molar-refractivity contribution in [2.75, 3.05) is 25.0 Å². The van der Waals surface area contributed by atoms with Gasteiger partial charge < -0.3 is 10.2 Å². The molecule has 0 aliphatic carbocycles. The van der Waals surface area contributed by atoms with Crippen molar-refractivity contribution in [3.8, 4) is 0 Å². The first-order valence-corrected chi connectivity index (χ1v) is 5.94. The molecular formula is C13H19N2O+. The van der Waals surface area contributed by atoms with E-state index in [2.05, 4.69) is 5.32 Å². The predicted octanol–water partition coefficient (Wildman–Crippen LogP) is 0.612. The molecule has 3 nitrogen and oxygen atoms in total. The molecule has 1 aromatic rings. The van der Waals surface area contributed by atoms with Gasteiger partial charge in [0, 0.05) is 18.5 Å². The Hall–Kier alpha value is -1.35. The van der Waals surface area contributed by atoms with Crippen molar-refractivity contribution in [3.05, 3.63) is 29.8 Å². The van der Waals surface area contributed by atoms with Crippen LogP contribution in [-0.2, 0) is 4.79 Å². The Kier molecular flexibility index (Phi) is 3.57. The largest absolute Gasteiger partial charge is 0.327 e. The highest BCUT2D eigenvalue weighted by Gasteiger charge is 2.18. The fourth-order valence-corrected chi connectivity index (χ4v) is 2.12. The van der Waals surface area contributed by atoms with E-state index in [1.165, 1.54) is 23.3 Å². The van der Waals surface area contributed by atoms with E-state index in [1.54, 1.807) is 0 Å². The zero-order valence-electron chi connectivity index (χ0n) is 9.75. The molecular weight excluding hydrogens is 200 g/mol. The highest BCUT2D eigenvalue weighted by atomic mass is 16.2. The molecule has 1 amide bonds. The van der Waals surface area contributed by atoms with Gasteiger partial charge >= 0.3 is 0 Å². The number of nitrogens with one attached hydrogen (secondary N) is 2. The molecule has 3 heteroatoms. The van der Waals surface area contributed by atoms with E-state index in [4.69, 9.17) is 0 Å². The van der Waals surface area contributed by atoms with E-state index in [-0.39, 0.29) is 5.91 Å².